The molecule has 141 heavy (non-hydrogen) atoms. The third kappa shape index (κ3) is 25.6. The number of methoxy groups -OCH3 is 12. The molecule has 0 spiro atoms. The van der Waals surface area contributed by atoms with Crippen molar-refractivity contribution in [3.05, 3.63) is 140 Å². The summed E-state index contributed by atoms with van der Waals surface area (Å²) < 4.78 is 581. The first kappa shape index (κ1) is 52.2. The molecule has 6 aromatic rings. The van der Waals surface area contributed by atoms with Gasteiger partial charge in [-0.3, -0.25) is 58.2 Å². The van der Waals surface area contributed by atoms with Crippen LogP contribution in [0.1, 0.15) is 369 Å². The molecule has 0 N–H and O–H groups in total. The number of rotatable bonds is 27. The van der Waals surface area contributed by atoms with Gasteiger partial charge in [-0.2, -0.15) is 0 Å². The van der Waals surface area contributed by atoms with Gasteiger partial charge < -0.3 is 56.8 Å². The highest BCUT2D eigenvalue weighted by Crippen LogP contribution is 2.51. The average Bonchev–Trinajstić information content (AvgIpc) is 0.656. The summed E-state index contributed by atoms with van der Waals surface area (Å²) in [4.78, 5) is 87.2. The summed E-state index contributed by atoms with van der Waals surface area (Å²) in [5.74, 6) is -30.0. The molecule has 0 saturated carbocycles. The number of piperidine rings is 6. The molecular weight excluding hydrogens is 1780 g/mol. The first-order valence-corrected chi connectivity index (χ1v) is 46.3. The third-order valence-electron chi connectivity index (χ3n) is 26.0. The van der Waals surface area contributed by atoms with Crippen LogP contribution < -0.4 is 56.8 Å². The van der Waals surface area contributed by atoms with Crippen LogP contribution in [0.5, 0.6) is 69.0 Å². The lowest BCUT2D eigenvalue weighted by molar-refractivity contribution is -0.130. The summed E-state index contributed by atoms with van der Waals surface area (Å²) in [5.41, 5.74) is 4.29. The Balaban J connectivity index is 0.000000198. The van der Waals surface area contributed by atoms with Crippen molar-refractivity contribution in [1.82, 2.24) is 29.4 Å². The molecule has 12 heterocycles. The largest absolute Gasteiger partial charge is 0.493 e. The van der Waals surface area contributed by atoms with E-state index in [2.05, 4.69) is 0 Å². The topological polar surface area (TPSA) is 233 Å². The van der Waals surface area contributed by atoms with E-state index < -0.39 is 285 Å². The molecule has 12 aliphatic rings. The molecule has 6 aromatic carbocycles. The predicted octanol–water partition coefficient (Wildman–Crippen LogP) is 20.6. The lowest BCUT2D eigenvalue weighted by Gasteiger charge is -2.43. The summed E-state index contributed by atoms with van der Waals surface area (Å²) in [6.07, 6.45) is -30.4. The number of carbonyl (C=O) groups is 6. The molecule has 0 bridgehead atoms. The van der Waals surface area contributed by atoms with Crippen LogP contribution >= 0.6 is 0 Å². The van der Waals surface area contributed by atoms with E-state index in [0.717, 1.165) is 35.1 Å². The minimum absolute atomic E-state index is 0.0293. The minimum Gasteiger partial charge on any atom is -0.493 e. The van der Waals surface area contributed by atoms with Gasteiger partial charge in [-0.05, 0) is 252 Å². The van der Waals surface area contributed by atoms with Crippen LogP contribution in [0.2, 0.25) is 0 Å². The van der Waals surface area contributed by atoms with Crippen LogP contribution in [0.15, 0.2) is 72.8 Å². The molecule has 12 aliphatic heterocycles. The van der Waals surface area contributed by atoms with Crippen molar-refractivity contribution in [2.75, 3.05) is 163 Å². The van der Waals surface area contributed by atoms with E-state index in [1.54, 1.807) is 30.9 Å². The zero-order valence-corrected chi connectivity index (χ0v) is 81.5. The Bertz CT molecular complexity index is 8270. The second-order valence-electron chi connectivity index (χ2n) is 36.2. The van der Waals surface area contributed by atoms with E-state index in [1.807, 2.05) is 27.7 Å². The highest BCUT2D eigenvalue weighted by molar-refractivity contribution is 5.86. The van der Waals surface area contributed by atoms with Gasteiger partial charge in [0.2, 0.25) is 0 Å². The molecule has 15 atom stereocenters. The fraction of sp³-hybridized carbons (Fsp3) is 0.641. The van der Waals surface area contributed by atoms with Crippen LogP contribution in [0.25, 0.3) is 0 Å². The molecule has 0 aliphatic carbocycles. The number of nitrogens with zero attached hydrogens (tertiary/aromatic N) is 6. The van der Waals surface area contributed by atoms with Crippen molar-refractivity contribution in [3.63, 3.8) is 0 Å². The first-order chi connectivity index (χ1) is 92.0. The second kappa shape index (κ2) is 50.0. The van der Waals surface area contributed by atoms with Crippen molar-refractivity contribution >= 4 is 34.7 Å². The van der Waals surface area contributed by atoms with Gasteiger partial charge in [-0.15, -0.1) is 0 Å². The molecule has 0 radical (unpaired) electrons. The standard InChI is InChI=1S/3C20H29NO3.3C19H27NO3/c3*1-5-13(2)8-15-12-21-7-6-14-9-19(23-3)20(24-4)10-16(14)17(21)11-18(15)22;3*1-12(2)7-14-11-20-6-5-13-8-18(22-3)19(23-4)9-15(13)16(20)10-17(14)21/h3*9-10,13,15,17H,5-8,11-12H2,1-4H3;3*8-9,12,14,16H,5-7,10-11H2,1-4H3/i2D3,3D3,5D2,8D2,11D2,12D2,13D,15D;2D3,3D3,5D2,8D2,11D2,13D,15D;2D3,3D3,5D2,8D2,12D2,13D;3D3,10D2,11D2,14D;3D3,5D2,6D2,16D;3D3,11D2. The van der Waals surface area contributed by atoms with Gasteiger partial charge in [0.05, 0.1) is 111 Å². The van der Waals surface area contributed by atoms with E-state index >= 15 is 0 Å². The van der Waals surface area contributed by atoms with Crippen LogP contribution in [-0.2, 0) is 67.2 Å². The molecule has 24 heteroatoms. The first-order valence-electron chi connectivity index (χ1n) is 78.3. The van der Waals surface area contributed by atoms with Gasteiger partial charge in [0, 0.05) is 250 Å². The molecule has 18 rings (SSSR count). The van der Waals surface area contributed by atoms with Gasteiger partial charge in [0.15, 0.2) is 69.0 Å². The molecule has 774 valence electrons. The number of fused-ring (bicyclic) bond motifs is 18. The number of hydrogen-bond donors (Lipinski definition) is 0. The maximum atomic E-state index is 13.8. The number of hydrogen-bond acceptors (Lipinski definition) is 24. The summed E-state index contributed by atoms with van der Waals surface area (Å²) in [7, 11) is -8.86. The van der Waals surface area contributed by atoms with Crippen LogP contribution in [0.4, 0.5) is 0 Å². The molecular formula is C117H168N6O18. The van der Waals surface area contributed by atoms with Crippen molar-refractivity contribution < 1.29 is 173 Å². The summed E-state index contributed by atoms with van der Waals surface area (Å²) in [5, 5.41) is 0. The van der Waals surface area contributed by atoms with Gasteiger partial charge in [0.1, 0.15) is 34.7 Å². The van der Waals surface area contributed by atoms with Crippen molar-refractivity contribution in [3.8, 4) is 69.0 Å². The zero-order valence-electron chi connectivity index (χ0n) is 146. The molecule has 24 nitrogen and oxygen atoms in total. The lowest BCUT2D eigenvalue weighted by atomic mass is 9.79. The fourth-order valence-electron chi connectivity index (χ4n) is 19.0. The van der Waals surface area contributed by atoms with E-state index in [4.69, 9.17) is 145 Å². The average molecular weight is 2010 g/mol. The van der Waals surface area contributed by atoms with Gasteiger partial charge in [-0.1, -0.05) is 102 Å². The third-order valence-corrected chi connectivity index (χ3v) is 26.0. The molecule has 0 aromatic heterocycles. The number of benzene rings is 6. The maximum Gasteiger partial charge on any atom is 0.161 e. The number of aryl methyl sites for hydroxylation is 1. The molecule has 6 saturated heterocycles. The summed E-state index contributed by atoms with van der Waals surface area (Å²) in [6.45, 7) is -11.4. The fourth-order valence-corrected chi connectivity index (χ4v) is 19.0. The monoisotopic (exact) mass is 2010 g/mol. The van der Waals surface area contributed by atoms with Gasteiger partial charge in [0.25, 0.3) is 0 Å². The van der Waals surface area contributed by atoms with Crippen LogP contribution in [0, 0.1) is 70.9 Å². The summed E-state index contributed by atoms with van der Waals surface area (Å²) >= 11 is 0. The number of ketones is 6. The Morgan fingerprint density at radius 1 is 0.326 bits per heavy atom. The van der Waals surface area contributed by atoms with Crippen LogP contribution in [0.3, 0.4) is 0 Å². The Morgan fingerprint density at radius 3 is 1.01 bits per heavy atom. The number of ether oxygens (including phenoxy) is 12. The Morgan fingerprint density at radius 2 is 0.631 bits per heavy atom. The Labute approximate surface area is 932 Å². The Hall–Kier alpha value is -9.30. The quantitative estimate of drug-likeness (QED) is 0.0466. The lowest BCUT2D eigenvalue weighted by Crippen LogP contribution is -2.46. The Kier molecular flexibility index (Phi) is 18.5. The van der Waals surface area contributed by atoms with E-state index in [-0.39, 0.29) is 203 Å². The molecule has 0 amide bonds. The van der Waals surface area contributed by atoms with Crippen LogP contribution in [-0.4, -0.2) is 227 Å². The molecule has 15 unspecified atom stereocenters. The number of Topliss-reactive ketones (excluding diaryl/α,β-unsaturated/α-hetero) is 6. The van der Waals surface area contributed by atoms with E-state index in [9.17, 15) is 28.8 Å². The summed E-state index contributed by atoms with van der Waals surface area (Å²) in [6, 6.07) is 8.89. The maximum absolute atomic E-state index is 13.8. The SMILES string of the molecule is [2H]C([2H])([2H])Oc1cc2c(cc1OC)C1([2H])CC(=O)C(CC(C)C)CN1C([2H])([2H])C2([2H])[2H].[2H]C([2H])([2H])Oc1cc2c(cc1OC)C1CC(=O)C(C([2H])([2H])C([2H])(C([2H])([2H])[2H])C([2H])([2H])C)C([2H])([2H])N1CC2.[2H]C([2H])([2H])Oc1cc2c(cc1OC)C1CC(=O)C(CC(C)C)C([2H])([2H])N1CC2.[2H]C([2H])([2H])Oc1cc2c(cc1OC)C1N(CC2)C([2H])([2H])C([2H])(C([2H])([2H])C([2H])(C([2H])([2H])[2H])C([2H])([2H])C)C(=O)C1([2H])[2H].[2H]C([2H])([2H])Oc1cc2c(cc1OC)C1N(CC2)C([2H])([2H])C([2H])(CC(C)C)C(=O)C1([2H])[2H].[2H]C([2H])([2H])Oc1cc2c(cc1OC)C1N(CC2)CC([2H])(C([2H])([2H])C([2H])(C([2H])([2H])[2H])C([2H])([2H])C)C(=O)C1([2H])[2H]. The van der Waals surface area contributed by atoms with Gasteiger partial charge in [-0.25, -0.2) is 0 Å². The minimum atomic E-state index is -4.11. The van der Waals surface area contributed by atoms with Crippen molar-refractivity contribution in [2.24, 2.45) is 70.9 Å². The molecule has 6 fully saturated rings. The van der Waals surface area contributed by atoms with Gasteiger partial charge >= 0.3 is 0 Å². The normalized spacial score (nSPS) is 38.7. The highest BCUT2D eigenvalue weighted by atomic mass is 16.5. The van der Waals surface area contributed by atoms with E-state index in [1.165, 1.54) is 106 Å². The van der Waals surface area contributed by atoms with Crippen molar-refractivity contribution in [1.29, 1.82) is 0 Å². The predicted molar refractivity (Wildman–Crippen MR) is 555 cm³/mol. The van der Waals surface area contributed by atoms with Crippen molar-refractivity contribution in [2.45, 2.75) is 253 Å². The highest BCUT2D eigenvalue weighted by Gasteiger charge is 2.47. The second-order valence-corrected chi connectivity index (χ2v) is 36.2. The van der Waals surface area contributed by atoms with E-state index in [0.29, 0.717) is 72.4 Å². The smallest absolute Gasteiger partial charge is 0.161 e. The zero-order chi connectivity index (χ0) is 157. The number of carbonyl (C=O) groups excluding carboxylic acids is 6.